The van der Waals surface area contributed by atoms with Crippen LogP contribution >= 0.6 is 0 Å². The van der Waals surface area contributed by atoms with Crippen molar-refractivity contribution in [2.75, 3.05) is 28.3 Å². The molecule has 164 valence electrons. The van der Waals surface area contributed by atoms with Crippen LogP contribution in [0.4, 0.5) is 11.4 Å². The maximum Gasteiger partial charge on any atom is 0.310 e. The van der Waals surface area contributed by atoms with E-state index >= 15 is 0 Å². The first-order valence-corrected chi connectivity index (χ1v) is 11.7. The Morgan fingerprint density at radius 3 is 2.32 bits per heavy atom. The maximum absolute atomic E-state index is 12.9. The molecule has 0 aliphatic carbocycles. The first-order chi connectivity index (χ1) is 14.7. The van der Waals surface area contributed by atoms with Crippen molar-refractivity contribution in [1.29, 1.82) is 0 Å². The molecule has 2 aromatic rings. The summed E-state index contributed by atoms with van der Waals surface area (Å²) in [6.07, 6.45) is 0.314. The van der Waals surface area contributed by atoms with Crippen LogP contribution in [-0.4, -0.2) is 50.4 Å². The average molecular weight is 445 g/mol. The molecular weight excluding hydrogens is 420 g/mol. The number of anilines is 2. The minimum absolute atomic E-state index is 0.0303. The number of carbonyl (C=O) groups is 3. The Bertz CT molecular complexity index is 1050. The van der Waals surface area contributed by atoms with Crippen LogP contribution in [-0.2, 0) is 35.4 Å². The van der Waals surface area contributed by atoms with E-state index in [4.69, 9.17) is 4.74 Å². The molecule has 1 atom stereocenters. The van der Waals surface area contributed by atoms with Gasteiger partial charge in [0.25, 0.3) is 5.91 Å². The zero-order valence-corrected chi connectivity index (χ0v) is 17.9. The Hall–Kier alpha value is -3.20. The summed E-state index contributed by atoms with van der Waals surface area (Å²) in [4.78, 5) is 37.5. The number of sulfone groups is 1. The molecule has 2 amide bonds. The van der Waals surface area contributed by atoms with E-state index in [1.165, 1.54) is 11.8 Å². The third kappa shape index (κ3) is 6.39. The fourth-order valence-electron chi connectivity index (χ4n) is 3.46. The van der Waals surface area contributed by atoms with Crippen LogP contribution in [0.2, 0.25) is 0 Å². The Balaban J connectivity index is 1.61. The highest BCUT2D eigenvalue weighted by molar-refractivity contribution is 7.91. The highest BCUT2D eigenvalue weighted by Crippen LogP contribution is 2.24. The second-order valence-corrected chi connectivity index (χ2v) is 9.60. The van der Waals surface area contributed by atoms with E-state index in [-0.39, 0.29) is 23.8 Å². The van der Waals surface area contributed by atoms with Crippen molar-refractivity contribution in [2.24, 2.45) is 0 Å². The minimum Gasteiger partial charge on any atom is -0.455 e. The molecular formula is C22H24N2O6S. The highest BCUT2D eigenvalue weighted by atomic mass is 32.2. The van der Waals surface area contributed by atoms with Gasteiger partial charge in [-0.1, -0.05) is 30.3 Å². The lowest BCUT2D eigenvalue weighted by Crippen LogP contribution is -2.43. The number of carbonyl (C=O) groups excluding carboxylic acids is 3. The molecule has 0 spiro atoms. The third-order valence-corrected chi connectivity index (χ3v) is 6.61. The van der Waals surface area contributed by atoms with Crippen LogP contribution in [0.3, 0.4) is 0 Å². The minimum atomic E-state index is -3.19. The molecule has 9 heteroatoms. The average Bonchev–Trinajstić information content (AvgIpc) is 3.08. The largest absolute Gasteiger partial charge is 0.455 e. The molecule has 1 N–H and O–H groups in total. The Kier molecular flexibility index (Phi) is 7.06. The molecule has 0 aromatic heterocycles. The van der Waals surface area contributed by atoms with Crippen molar-refractivity contribution >= 4 is 39.0 Å². The first-order valence-electron chi connectivity index (χ1n) is 9.83. The van der Waals surface area contributed by atoms with Crippen LogP contribution < -0.4 is 10.2 Å². The monoisotopic (exact) mass is 444 g/mol. The second-order valence-electron chi connectivity index (χ2n) is 7.37. The number of rotatable bonds is 7. The van der Waals surface area contributed by atoms with E-state index in [1.54, 1.807) is 54.6 Å². The van der Waals surface area contributed by atoms with Crippen molar-refractivity contribution in [2.45, 2.75) is 25.8 Å². The molecule has 1 saturated heterocycles. The summed E-state index contributed by atoms with van der Waals surface area (Å²) < 4.78 is 29.0. The molecule has 1 heterocycles. The van der Waals surface area contributed by atoms with Gasteiger partial charge in [-0.2, -0.15) is 0 Å². The number of ether oxygens (including phenoxy) is 1. The lowest BCUT2D eigenvalue weighted by atomic mass is 10.1. The molecule has 31 heavy (non-hydrogen) atoms. The number of nitrogens with one attached hydrogen (secondary N) is 1. The lowest BCUT2D eigenvalue weighted by Gasteiger charge is -2.28. The molecule has 0 radical (unpaired) electrons. The molecule has 0 bridgehead atoms. The summed E-state index contributed by atoms with van der Waals surface area (Å²) in [5.41, 5.74) is 1.86. The summed E-state index contributed by atoms with van der Waals surface area (Å²) in [6.45, 7) is 0.927. The summed E-state index contributed by atoms with van der Waals surface area (Å²) >= 11 is 0. The van der Waals surface area contributed by atoms with Crippen molar-refractivity contribution in [3.05, 3.63) is 60.2 Å². The summed E-state index contributed by atoms with van der Waals surface area (Å²) in [5.74, 6) is -1.32. The first kappa shape index (κ1) is 22.5. The number of para-hydroxylation sites is 1. The Morgan fingerprint density at radius 2 is 1.74 bits per heavy atom. The maximum atomic E-state index is 12.9. The predicted molar refractivity (Wildman–Crippen MR) is 116 cm³/mol. The standard InChI is InChI=1S/C22H24N2O6S/c1-16(25)23-18-9-7-17(8-10-18)13-22(27)30-14-21(26)24(19-5-3-2-4-6-19)20-11-12-31(28,29)15-20/h2-10,20H,11-15H2,1H3,(H,23,25)/t20-/m0/s1. The number of hydrogen-bond donors (Lipinski definition) is 1. The SMILES string of the molecule is CC(=O)Nc1ccc(CC(=O)OCC(=O)N(c2ccccc2)[C@H]2CCS(=O)(=O)C2)cc1. The van der Waals surface area contributed by atoms with Crippen LogP contribution in [0, 0.1) is 0 Å². The summed E-state index contributed by atoms with van der Waals surface area (Å²) in [7, 11) is -3.19. The molecule has 8 nitrogen and oxygen atoms in total. The van der Waals surface area contributed by atoms with Gasteiger partial charge >= 0.3 is 5.97 Å². The number of nitrogens with zero attached hydrogens (tertiary/aromatic N) is 1. The van der Waals surface area contributed by atoms with Gasteiger partial charge in [0.15, 0.2) is 16.4 Å². The van der Waals surface area contributed by atoms with Crippen molar-refractivity contribution in [1.82, 2.24) is 0 Å². The van der Waals surface area contributed by atoms with Gasteiger partial charge in [-0.3, -0.25) is 14.4 Å². The van der Waals surface area contributed by atoms with Crippen LogP contribution in [0.15, 0.2) is 54.6 Å². The van der Waals surface area contributed by atoms with Crippen LogP contribution in [0.1, 0.15) is 18.9 Å². The lowest BCUT2D eigenvalue weighted by molar-refractivity contribution is -0.147. The van der Waals surface area contributed by atoms with E-state index in [2.05, 4.69) is 5.32 Å². The zero-order valence-electron chi connectivity index (χ0n) is 17.1. The molecule has 0 saturated carbocycles. The smallest absolute Gasteiger partial charge is 0.310 e. The van der Waals surface area contributed by atoms with Gasteiger partial charge in [-0.25, -0.2) is 8.42 Å². The quantitative estimate of drug-likeness (QED) is 0.654. The van der Waals surface area contributed by atoms with Gasteiger partial charge in [0.1, 0.15) is 0 Å². The number of hydrogen-bond acceptors (Lipinski definition) is 6. The van der Waals surface area contributed by atoms with Crippen LogP contribution in [0.5, 0.6) is 0 Å². The number of amides is 2. The normalized spacial score (nSPS) is 17.0. The number of esters is 1. The zero-order chi connectivity index (χ0) is 22.4. The van der Waals surface area contributed by atoms with E-state index in [0.717, 1.165) is 0 Å². The van der Waals surface area contributed by atoms with E-state index in [0.29, 0.717) is 23.4 Å². The van der Waals surface area contributed by atoms with Crippen molar-refractivity contribution in [3.63, 3.8) is 0 Å². The Morgan fingerprint density at radius 1 is 1.06 bits per heavy atom. The fraction of sp³-hybridized carbons (Fsp3) is 0.318. The number of benzene rings is 2. The molecule has 1 fully saturated rings. The van der Waals surface area contributed by atoms with E-state index < -0.39 is 34.4 Å². The van der Waals surface area contributed by atoms with Gasteiger partial charge in [-0.15, -0.1) is 0 Å². The molecule has 1 aliphatic heterocycles. The van der Waals surface area contributed by atoms with Gasteiger partial charge in [-0.05, 0) is 36.2 Å². The molecule has 2 aromatic carbocycles. The van der Waals surface area contributed by atoms with Gasteiger partial charge in [0, 0.05) is 18.3 Å². The third-order valence-electron chi connectivity index (χ3n) is 4.86. The van der Waals surface area contributed by atoms with Gasteiger partial charge in [0.2, 0.25) is 5.91 Å². The predicted octanol–water partition coefficient (Wildman–Crippen LogP) is 1.95. The van der Waals surface area contributed by atoms with E-state index in [9.17, 15) is 22.8 Å². The molecule has 1 aliphatic rings. The van der Waals surface area contributed by atoms with Gasteiger partial charge < -0.3 is 15.0 Å². The molecule has 3 rings (SSSR count). The molecule has 0 unspecified atom stereocenters. The van der Waals surface area contributed by atoms with Crippen LogP contribution in [0.25, 0.3) is 0 Å². The second kappa shape index (κ2) is 9.74. The highest BCUT2D eigenvalue weighted by Gasteiger charge is 2.35. The van der Waals surface area contributed by atoms with Crippen molar-refractivity contribution in [3.8, 4) is 0 Å². The van der Waals surface area contributed by atoms with Gasteiger partial charge in [0.05, 0.1) is 24.0 Å². The van der Waals surface area contributed by atoms with Crippen molar-refractivity contribution < 1.29 is 27.5 Å². The fourth-order valence-corrected chi connectivity index (χ4v) is 5.16. The summed E-state index contributed by atoms with van der Waals surface area (Å²) in [5, 5.41) is 2.64. The summed E-state index contributed by atoms with van der Waals surface area (Å²) in [6, 6.07) is 15.0. The van der Waals surface area contributed by atoms with E-state index in [1.807, 2.05) is 0 Å². The topological polar surface area (TPSA) is 110 Å². The Labute approximate surface area is 181 Å².